The number of nitro groups is 3. The van der Waals surface area contributed by atoms with E-state index in [-0.39, 0.29) is 0 Å². The van der Waals surface area contributed by atoms with Gasteiger partial charge in [0.05, 0.1) is 4.92 Å². The van der Waals surface area contributed by atoms with Crippen molar-refractivity contribution in [1.29, 1.82) is 0 Å². The van der Waals surface area contributed by atoms with Crippen LogP contribution in [0.4, 0.5) is 5.69 Å². The molecule has 1 aromatic carbocycles. The van der Waals surface area contributed by atoms with Crippen LogP contribution in [0, 0.1) is 30.3 Å². The molecule has 0 saturated carbocycles. The summed E-state index contributed by atoms with van der Waals surface area (Å²) in [6.45, 7) is 0.580. The van der Waals surface area contributed by atoms with Gasteiger partial charge in [-0.1, -0.05) is 12.1 Å². The minimum Gasteiger partial charge on any atom is -0.323 e. The normalized spacial score (nSPS) is 10.5. The smallest absolute Gasteiger partial charge is 0.323 e. The van der Waals surface area contributed by atoms with Gasteiger partial charge in [-0.15, -0.1) is 0 Å². The molecule has 11 nitrogen and oxygen atoms in total. The highest BCUT2D eigenvalue weighted by molar-refractivity contribution is 5.45. The van der Waals surface area contributed by atoms with Gasteiger partial charge in [0, 0.05) is 6.07 Å². The van der Waals surface area contributed by atoms with Gasteiger partial charge in [0.1, 0.15) is 9.85 Å². The molecule has 0 aliphatic heterocycles. The summed E-state index contributed by atoms with van der Waals surface area (Å²) in [6, 6.07) is 3.81. The Morgan fingerprint density at radius 1 is 1.05 bits per heavy atom. The summed E-state index contributed by atoms with van der Waals surface area (Å²) in [6.07, 6.45) is 0. The van der Waals surface area contributed by atoms with Gasteiger partial charge >= 0.3 is 12.3 Å². The topological polar surface area (TPSA) is 156 Å². The lowest BCUT2D eigenvalue weighted by Crippen LogP contribution is -2.46. The number of carbonyl (C=O) groups excluding carboxylic acids is 1. The van der Waals surface area contributed by atoms with Crippen LogP contribution in [-0.2, 0) is 15.4 Å². The summed E-state index contributed by atoms with van der Waals surface area (Å²) in [5, 5.41) is 32.5. The summed E-state index contributed by atoms with van der Waals surface area (Å²) >= 11 is 0. The number of nitrogens with zero attached hydrogens (tertiary/aromatic N) is 3. The Kier molecular flexibility index (Phi) is 3.70. The molecule has 0 unspecified atom stereocenters. The highest BCUT2D eigenvalue weighted by Gasteiger charge is 2.66. The van der Waals surface area contributed by atoms with Crippen LogP contribution in [-0.4, -0.2) is 21.2 Å². The van der Waals surface area contributed by atoms with Gasteiger partial charge in [0.25, 0.3) is 5.69 Å². The Labute approximate surface area is 103 Å². The van der Waals surface area contributed by atoms with E-state index in [0.717, 1.165) is 24.3 Å². The number of nitro benzene ring substituents is 1. The molecular formula is C8H4N3O8. The monoisotopic (exact) mass is 270 g/mol. The molecule has 1 aromatic rings. The van der Waals surface area contributed by atoms with E-state index in [9.17, 15) is 35.1 Å². The van der Waals surface area contributed by atoms with Crippen LogP contribution < -0.4 is 0 Å². The Bertz CT molecular complexity index is 543. The molecule has 0 N–H and O–H groups in total. The minimum atomic E-state index is -3.61. The van der Waals surface area contributed by atoms with Crippen LogP contribution >= 0.6 is 0 Å². The molecule has 0 aliphatic rings. The molecule has 0 aliphatic carbocycles. The van der Waals surface area contributed by atoms with Crippen LogP contribution in [0.1, 0.15) is 5.56 Å². The molecule has 0 saturated heterocycles. The molecule has 99 valence electrons. The fourth-order valence-corrected chi connectivity index (χ4v) is 1.36. The predicted octanol–water partition coefficient (Wildman–Crippen LogP) is 0.342. The maximum Gasteiger partial charge on any atom is 0.658 e. The van der Waals surface area contributed by atoms with Crippen molar-refractivity contribution in [1.82, 2.24) is 0 Å². The number of ether oxygens (including phenoxy) is 1. The van der Waals surface area contributed by atoms with Crippen LogP contribution in [0.2, 0.25) is 0 Å². The maximum absolute atomic E-state index is 10.9. The van der Waals surface area contributed by atoms with Crippen LogP contribution in [0.3, 0.4) is 0 Å². The number of para-hydroxylation sites is 1. The Morgan fingerprint density at radius 3 is 2.00 bits per heavy atom. The second kappa shape index (κ2) is 5.03. The van der Waals surface area contributed by atoms with Crippen LogP contribution in [0.15, 0.2) is 24.3 Å². The molecule has 1 rings (SSSR count). The molecule has 11 heteroatoms. The van der Waals surface area contributed by atoms with E-state index < -0.39 is 31.9 Å². The van der Waals surface area contributed by atoms with Crippen molar-refractivity contribution in [2.45, 2.75) is 5.85 Å². The second-order valence-corrected chi connectivity index (χ2v) is 3.08. The van der Waals surface area contributed by atoms with Crippen molar-refractivity contribution >= 4 is 12.2 Å². The zero-order valence-corrected chi connectivity index (χ0v) is 8.92. The molecule has 0 amide bonds. The Hall–Kier alpha value is -3.11. The molecule has 0 atom stereocenters. The number of rotatable bonds is 6. The largest absolute Gasteiger partial charge is 0.658 e. The fraction of sp³-hybridized carbons (Fsp3) is 0.125. The lowest BCUT2D eigenvalue weighted by Gasteiger charge is -2.13. The average Bonchev–Trinajstić information content (AvgIpc) is 2.35. The van der Waals surface area contributed by atoms with Gasteiger partial charge in [-0.2, -0.15) is 0 Å². The Balaban J connectivity index is 3.67. The quantitative estimate of drug-likeness (QED) is 0.406. The summed E-state index contributed by atoms with van der Waals surface area (Å²) < 4.78 is 3.82. The van der Waals surface area contributed by atoms with Gasteiger partial charge < -0.3 is 4.74 Å². The third kappa shape index (κ3) is 2.15. The maximum atomic E-state index is 10.9. The first-order valence-corrected chi connectivity index (χ1v) is 4.46. The molecule has 0 aromatic heterocycles. The van der Waals surface area contributed by atoms with Crippen molar-refractivity contribution < 1.29 is 24.3 Å². The molecule has 0 fully saturated rings. The summed E-state index contributed by atoms with van der Waals surface area (Å²) in [4.78, 5) is 38.4. The lowest BCUT2D eigenvalue weighted by atomic mass is 10.1. The van der Waals surface area contributed by atoms with Crippen LogP contribution in [0.25, 0.3) is 0 Å². The minimum absolute atomic E-state index is 0.580. The first-order chi connectivity index (χ1) is 8.87. The third-order valence-corrected chi connectivity index (χ3v) is 2.13. The predicted molar refractivity (Wildman–Crippen MR) is 55.5 cm³/mol. The van der Waals surface area contributed by atoms with Gasteiger partial charge in [0.2, 0.25) is 5.56 Å². The SMILES string of the molecule is O=[C]OC(c1ccccc1[N+](=O)[O-])([N+](=O)[O-])[N+](=O)[O-]. The van der Waals surface area contributed by atoms with E-state index in [4.69, 9.17) is 0 Å². The van der Waals surface area contributed by atoms with Crippen molar-refractivity contribution in [2.75, 3.05) is 0 Å². The molecule has 19 heavy (non-hydrogen) atoms. The second-order valence-electron chi connectivity index (χ2n) is 3.08. The first-order valence-electron chi connectivity index (χ1n) is 4.46. The summed E-state index contributed by atoms with van der Waals surface area (Å²) in [7, 11) is 0. The number of hydrogen-bond acceptors (Lipinski definition) is 8. The summed E-state index contributed by atoms with van der Waals surface area (Å²) in [5.41, 5.74) is -1.91. The zero-order chi connectivity index (χ0) is 14.6. The molecule has 0 bridgehead atoms. The van der Waals surface area contributed by atoms with E-state index in [1.165, 1.54) is 0 Å². The first kappa shape index (κ1) is 14.0. The van der Waals surface area contributed by atoms with Crippen molar-refractivity contribution in [3.8, 4) is 0 Å². The number of benzene rings is 1. The van der Waals surface area contributed by atoms with Crippen molar-refractivity contribution in [3.63, 3.8) is 0 Å². The molecular weight excluding hydrogens is 266 g/mol. The van der Waals surface area contributed by atoms with Gasteiger partial charge in [0.15, 0.2) is 0 Å². The van der Waals surface area contributed by atoms with E-state index in [1.54, 1.807) is 0 Å². The summed E-state index contributed by atoms with van der Waals surface area (Å²) in [5.74, 6) is -3.61. The van der Waals surface area contributed by atoms with Gasteiger partial charge in [-0.3, -0.25) is 30.3 Å². The standard InChI is InChI=1S/C8H4N3O8/c12-5-19-8(10(15)16,11(17)18)6-3-1-2-4-7(6)9(13)14/h1-4H. The molecule has 0 spiro atoms. The number of hydrogen-bond donors (Lipinski definition) is 0. The molecule has 0 heterocycles. The van der Waals surface area contributed by atoms with Gasteiger partial charge in [-0.25, -0.2) is 4.79 Å². The lowest BCUT2D eigenvalue weighted by molar-refractivity contribution is -0.857. The molecule has 1 radical (unpaired) electrons. The highest BCUT2D eigenvalue weighted by atomic mass is 16.8. The Morgan fingerprint density at radius 2 is 1.58 bits per heavy atom. The van der Waals surface area contributed by atoms with Crippen molar-refractivity contribution in [3.05, 3.63) is 60.2 Å². The van der Waals surface area contributed by atoms with E-state index >= 15 is 0 Å². The fourth-order valence-electron chi connectivity index (χ4n) is 1.36. The third-order valence-electron chi connectivity index (χ3n) is 2.13. The van der Waals surface area contributed by atoms with E-state index in [0.29, 0.717) is 6.47 Å². The van der Waals surface area contributed by atoms with E-state index in [1.807, 2.05) is 0 Å². The van der Waals surface area contributed by atoms with Gasteiger partial charge in [-0.05, 0) is 6.07 Å². The highest BCUT2D eigenvalue weighted by Crippen LogP contribution is 2.33. The zero-order valence-electron chi connectivity index (χ0n) is 8.92. The van der Waals surface area contributed by atoms with Crippen molar-refractivity contribution in [2.24, 2.45) is 0 Å². The van der Waals surface area contributed by atoms with E-state index in [2.05, 4.69) is 4.74 Å². The van der Waals surface area contributed by atoms with Crippen LogP contribution in [0.5, 0.6) is 0 Å². The average molecular weight is 270 g/mol.